The van der Waals surface area contributed by atoms with Crippen LogP contribution in [0, 0.1) is 13.8 Å². The fourth-order valence-corrected chi connectivity index (χ4v) is 3.74. The van der Waals surface area contributed by atoms with Crippen molar-refractivity contribution < 1.29 is 9.59 Å². The molecule has 0 aromatic heterocycles. The van der Waals surface area contributed by atoms with Crippen molar-refractivity contribution in [1.82, 2.24) is 0 Å². The summed E-state index contributed by atoms with van der Waals surface area (Å²) in [5.74, 6) is 0.0281. The summed E-state index contributed by atoms with van der Waals surface area (Å²) in [6.07, 6.45) is 0.629. The number of hydrogen-bond donors (Lipinski definition) is 0. The van der Waals surface area contributed by atoms with Gasteiger partial charge in [-0.2, -0.15) is 0 Å². The summed E-state index contributed by atoms with van der Waals surface area (Å²) in [7, 11) is 0. The number of rotatable bonds is 0. The van der Waals surface area contributed by atoms with Crippen LogP contribution in [-0.4, -0.2) is 11.6 Å². The second-order valence-corrected chi connectivity index (χ2v) is 6.25. The monoisotopic (exact) mass is 276 g/mol. The van der Waals surface area contributed by atoms with E-state index in [1.54, 1.807) is 0 Å². The lowest BCUT2D eigenvalue weighted by Crippen LogP contribution is -2.34. The molecule has 21 heavy (non-hydrogen) atoms. The first kappa shape index (κ1) is 12.5. The van der Waals surface area contributed by atoms with Gasteiger partial charge in [0.15, 0.2) is 11.6 Å². The Morgan fingerprint density at radius 3 is 1.62 bits per heavy atom. The van der Waals surface area contributed by atoms with Gasteiger partial charge in [0.05, 0.1) is 0 Å². The molecule has 104 valence electrons. The van der Waals surface area contributed by atoms with Crippen molar-refractivity contribution in [3.05, 3.63) is 69.8 Å². The van der Waals surface area contributed by atoms with Crippen LogP contribution in [0.15, 0.2) is 36.4 Å². The summed E-state index contributed by atoms with van der Waals surface area (Å²) in [5, 5.41) is 0. The first-order valence-corrected chi connectivity index (χ1v) is 7.36. The Hall–Kier alpha value is -2.22. The van der Waals surface area contributed by atoms with Gasteiger partial charge in [-0.05, 0) is 43.5 Å². The van der Waals surface area contributed by atoms with E-state index < -0.39 is 0 Å². The molecule has 2 atom stereocenters. The highest BCUT2D eigenvalue weighted by atomic mass is 16.1. The third kappa shape index (κ3) is 1.65. The van der Waals surface area contributed by atoms with Crippen LogP contribution < -0.4 is 0 Å². The predicted molar refractivity (Wildman–Crippen MR) is 81.1 cm³/mol. The second-order valence-electron chi connectivity index (χ2n) is 6.25. The molecular weight excluding hydrogens is 260 g/mol. The van der Waals surface area contributed by atoms with Crippen molar-refractivity contribution in [3.63, 3.8) is 0 Å². The van der Waals surface area contributed by atoms with E-state index >= 15 is 0 Å². The van der Waals surface area contributed by atoms with Crippen LogP contribution in [-0.2, 0) is 0 Å². The summed E-state index contributed by atoms with van der Waals surface area (Å²) < 4.78 is 0. The van der Waals surface area contributed by atoms with Gasteiger partial charge in [-0.25, -0.2) is 0 Å². The van der Waals surface area contributed by atoms with Crippen molar-refractivity contribution in [2.24, 2.45) is 0 Å². The molecule has 0 saturated heterocycles. The highest BCUT2D eigenvalue weighted by molar-refractivity contribution is 6.13. The fourth-order valence-electron chi connectivity index (χ4n) is 3.74. The van der Waals surface area contributed by atoms with E-state index in [1.807, 2.05) is 50.2 Å². The van der Waals surface area contributed by atoms with E-state index in [4.69, 9.17) is 0 Å². The van der Waals surface area contributed by atoms with Crippen LogP contribution in [0.3, 0.4) is 0 Å². The molecule has 0 saturated carbocycles. The summed E-state index contributed by atoms with van der Waals surface area (Å²) >= 11 is 0. The van der Waals surface area contributed by atoms with E-state index in [2.05, 4.69) is 0 Å². The summed E-state index contributed by atoms with van der Waals surface area (Å²) in [4.78, 5) is 25.6. The largest absolute Gasteiger partial charge is 0.293 e. The molecule has 0 heterocycles. The quantitative estimate of drug-likeness (QED) is 0.730. The topological polar surface area (TPSA) is 34.1 Å². The zero-order valence-electron chi connectivity index (χ0n) is 12.1. The molecule has 2 heteroatoms. The third-order valence-corrected chi connectivity index (χ3v) is 4.80. The Balaban J connectivity index is 1.98. The SMILES string of the molecule is Cc1ccc2c(c1)C(=O)[C@@H]1CC2C(=O)c2cc(C)ccc21. The molecule has 2 nitrogen and oxygen atoms in total. The minimum absolute atomic E-state index is 0.155. The zero-order chi connectivity index (χ0) is 14.7. The number of benzene rings is 2. The van der Waals surface area contributed by atoms with Crippen LogP contribution in [0.5, 0.6) is 0 Å². The van der Waals surface area contributed by atoms with Gasteiger partial charge in [0.1, 0.15) is 0 Å². The number of fused-ring (bicyclic) bond motifs is 6. The first-order chi connectivity index (χ1) is 10.1. The average Bonchev–Trinajstić information content (AvgIpc) is 2.47. The first-order valence-electron chi connectivity index (χ1n) is 7.36. The van der Waals surface area contributed by atoms with Gasteiger partial charge in [0.25, 0.3) is 0 Å². The molecule has 2 bridgehead atoms. The van der Waals surface area contributed by atoms with Crippen LogP contribution in [0.2, 0.25) is 0 Å². The van der Waals surface area contributed by atoms with Crippen molar-refractivity contribution in [1.29, 1.82) is 0 Å². The normalized spacial score (nSPS) is 22.8. The highest BCUT2D eigenvalue weighted by Crippen LogP contribution is 2.47. The zero-order valence-corrected chi connectivity index (χ0v) is 12.1. The van der Waals surface area contributed by atoms with Gasteiger partial charge in [-0.1, -0.05) is 35.4 Å². The van der Waals surface area contributed by atoms with Gasteiger partial charge >= 0.3 is 0 Å². The minimum Gasteiger partial charge on any atom is -0.293 e. The summed E-state index contributed by atoms with van der Waals surface area (Å²) in [6, 6.07) is 11.8. The van der Waals surface area contributed by atoms with E-state index in [0.29, 0.717) is 6.42 Å². The highest BCUT2D eigenvalue weighted by Gasteiger charge is 2.43. The Kier molecular flexibility index (Phi) is 2.47. The Bertz CT molecular complexity index is 734. The predicted octanol–water partition coefficient (Wildman–Crippen LogP) is 3.95. The van der Waals surface area contributed by atoms with Gasteiger partial charge < -0.3 is 0 Å². The molecule has 4 rings (SSSR count). The smallest absolute Gasteiger partial charge is 0.170 e. The molecular formula is C19H16O2. The molecule has 2 aliphatic carbocycles. The van der Waals surface area contributed by atoms with Crippen LogP contribution in [0.1, 0.15) is 61.2 Å². The lowest BCUT2D eigenvalue weighted by atomic mass is 9.65. The van der Waals surface area contributed by atoms with E-state index in [-0.39, 0.29) is 23.4 Å². The van der Waals surface area contributed by atoms with Crippen LogP contribution in [0.25, 0.3) is 0 Å². The van der Waals surface area contributed by atoms with E-state index in [1.165, 1.54) is 0 Å². The van der Waals surface area contributed by atoms with E-state index in [9.17, 15) is 9.59 Å². The van der Waals surface area contributed by atoms with E-state index in [0.717, 1.165) is 33.4 Å². The van der Waals surface area contributed by atoms with Crippen molar-refractivity contribution in [2.45, 2.75) is 32.1 Å². The summed E-state index contributed by atoms with van der Waals surface area (Å²) in [6.45, 7) is 3.97. The minimum atomic E-state index is -0.155. The molecule has 0 spiro atoms. The second kappa shape index (κ2) is 4.14. The van der Waals surface area contributed by atoms with Gasteiger partial charge in [-0.15, -0.1) is 0 Å². The maximum Gasteiger partial charge on any atom is 0.170 e. The fraction of sp³-hybridized carbons (Fsp3) is 0.263. The molecule has 0 fully saturated rings. The molecule has 2 aromatic carbocycles. The third-order valence-electron chi connectivity index (χ3n) is 4.80. The maximum atomic E-state index is 12.8. The number of aryl methyl sites for hydroxylation is 2. The molecule has 0 N–H and O–H groups in total. The molecule has 0 aliphatic heterocycles. The van der Waals surface area contributed by atoms with Crippen LogP contribution in [0.4, 0.5) is 0 Å². The Morgan fingerprint density at radius 1 is 0.762 bits per heavy atom. The number of Topliss-reactive ketones (excluding diaryl/α,β-unsaturated/α-hetero) is 2. The lowest BCUT2D eigenvalue weighted by molar-refractivity contribution is 0.0875. The van der Waals surface area contributed by atoms with Crippen molar-refractivity contribution in [3.8, 4) is 0 Å². The number of hydrogen-bond acceptors (Lipinski definition) is 2. The van der Waals surface area contributed by atoms with Gasteiger partial charge in [0, 0.05) is 23.0 Å². The number of carbonyl (C=O) groups excluding carboxylic acids is 2. The standard InChI is InChI=1S/C19H16O2/c1-10-3-5-12-14(7-10)18(20)17-9-16(12)19(21)15-8-11(2)4-6-13(15)17/h3-8,16-17H,9H2,1-2H3/t16-,17?/m1/s1. The lowest BCUT2D eigenvalue weighted by Gasteiger charge is -2.35. The molecule has 2 aromatic rings. The molecule has 0 radical (unpaired) electrons. The molecule has 0 amide bonds. The summed E-state index contributed by atoms with van der Waals surface area (Å²) in [5.41, 5.74) is 5.46. The van der Waals surface area contributed by atoms with Gasteiger partial charge in [-0.3, -0.25) is 9.59 Å². The van der Waals surface area contributed by atoms with Crippen molar-refractivity contribution >= 4 is 11.6 Å². The average molecular weight is 276 g/mol. The van der Waals surface area contributed by atoms with Crippen LogP contribution >= 0.6 is 0 Å². The molecule has 1 unspecified atom stereocenters. The number of ketones is 2. The number of carbonyl (C=O) groups is 2. The Morgan fingerprint density at radius 2 is 1.19 bits per heavy atom. The molecule has 2 aliphatic rings. The van der Waals surface area contributed by atoms with Gasteiger partial charge in [0.2, 0.25) is 0 Å². The Labute approximate surface area is 123 Å². The maximum absolute atomic E-state index is 12.8. The van der Waals surface area contributed by atoms with Crippen molar-refractivity contribution in [2.75, 3.05) is 0 Å².